The van der Waals surface area contributed by atoms with Crippen LogP contribution >= 0.6 is 0 Å². The molecule has 0 unspecified atom stereocenters. The van der Waals surface area contributed by atoms with Crippen LogP contribution in [0.5, 0.6) is 0 Å². The summed E-state index contributed by atoms with van der Waals surface area (Å²) >= 11 is 0. The van der Waals surface area contributed by atoms with Crippen LogP contribution in [-0.2, 0) is 23.8 Å². The van der Waals surface area contributed by atoms with E-state index in [9.17, 15) is 9.59 Å². The van der Waals surface area contributed by atoms with E-state index in [0.717, 1.165) is 19.4 Å². The molecule has 0 spiro atoms. The van der Waals surface area contributed by atoms with Gasteiger partial charge in [-0.1, -0.05) is 12.8 Å². The summed E-state index contributed by atoms with van der Waals surface area (Å²) < 4.78 is 15.0. The lowest BCUT2D eigenvalue weighted by Gasteiger charge is -2.30. The first-order valence-electron chi connectivity index (χ1n) is 10.4. The SMILES string of the molecule is COCCOC(=O)CCCCC(=O)OCCCCCCN(C(C)C)C(C)C. The third-order valence-corrected chi connectivity index (χ3v) is 4.46. The molecule has 0 bridgehead atoms. The fourth-order valence-corrected chi connectivity index (χ4v) is 2.97. The molecule has 0 aliphatic carbocycles. The second-order valence-electron chi connectivity index (χ2n) is 7.48. The van der Waals surface area contributed by atoms with Gasteiger partial charge >= 0.3 is 11.9 Å². The average Bonchev–Trinajstić information content (AvgIpc) is 2.60. The molecule has 160 valence electrons. The van der Waals surface area contributed by atoms with Gasteiger partial charge in [0.15, 0.2) is 0 Å². The molecule has 6 heteroatoms. The summed E-state index contributed by atoms with van der Waals surface area (Å²) in [6, 6.07) is 1.16. The van der Waals surface area contributed by atoms with Crippen molar-refractivity contribution in [2.24, 2.45) is 0 Å². The van der Waals surface area contributed by atoms with E-state index >= 15 is 0 Å². The fraction of sp³-hybridized carbons (Fsp3) is 0.905. The third kappa shape index (κ3) is 15.6. The smallest absolute Gasteiger partial charge is 0.305 e. The van der Waals surface area contributed by atoms with Gasteiger partial charge in [0.05, 0.1) is 13.2 Å². The monoisotopic (exact) mass is 387 g/mol. The van der Waals surface area contributed by atoms with Crippen LogP contribution < -0.4 is 0 Å². The van der Waals surface area contributed by atoms with E-state index in [0.29, 0.717) is 51.0 Å². The number of methoxy groups -OCH3 is 1. The van der Waals surface area contributed by atoms with Crippen molar-refractivity contribution >= 4 is 11.9 Å². The molecule has 6 nitrogen and oxygen atoms in total. The van der Waals surface area contributed by atoms with E-state index in [-0.39, 0.29) is 18.5 Å². The maximum absolute atomic E-state index is 11.7. The lowest BCUT2D eigenvalue weighted by Crippen LogP contribution is -2.37. The van der Waals surface area contributed by atoms with Crippen LogP contribution in [0.4, 0.5) is 0 Å². The van der Waals surface area contributed by atoms with Crippen molar-refractivity contribution in [3.8, 4) is 0 Å². The number of unbranched alkanes of at least 4 members (excludes halogenated alkanes) is 4. The van der Waals surface area contributed by atoms with Crippen LogP contribution in [-0.4, -0.2) is 62.4 Å². The molecule has 0 aromatic carbocycles. The Balaban J connectivity index is 3.50. The van der Waals surface area contributed by atoms with E-state index in [1.807, 2.05) is 0 Å². The molecule has 0 rings (SSSR count). The molecule has 0 aromatic heterocycles. The highest BCUT2D eigenvalue weighted by Gasteiger charge is 2.12. The van der Waals surface area contributed by atoms with Crippen LogP contribution in [0.2, 0.25) is 0 Å². The Labute approximate surface area is 165 Å². The summed E-state index contributed by atoms with van der Waals surface area (Å²) in [4.78, 5) is 25.6. The Morgan fingerprint density at radius 1 is 0.704 bits per heavy atom. The quantitative estimate of drug-likeness (QED) is 0.278. The predicted octanol–water partition coefficient (Wildman–Crippen LogP) is 3.96. The number of esters is 2. The van der Waals surface area contributed by atoms with Crippen molar-refractivity contribution in [3.05, 3.63) is 0 Å². The topological polar surface area (TPSA) is 65.1 Å². The van der Waals surface area contributed by atoms with E-state index < -0.39 is 0 Å². The van der Waals surface area contributed by atoms with Gasteiger partial charge in [-0.3, -0.25) is 14.5 Å². The maximum Gasteiger partial charge on any atom is 0.305 e. The first kappa shape index (κ1) is 25.9. The Bertz CT molecular complexity index is 377. The van der Waals surface area contributed by atoms with Crippen molar-refractivity contribution < 1.29 is 23.8 Å². The van der Waals surface area contributed by atoms with E-state index in [1.165, 1.54) is 12.8 Å². The van der Waals surface area contributed by atoms with Crippen LogP contribution in [0.15, 0.2) is 0 Å². The highest BCUT2D eigenvalue weighted by molar-refractivity contribution is 5.70. The van der Waals surface area contributed by atoms with E-state index in [4.69, 9.17) is 14.2 Å². The van der Waals surface area contributed by atoms with Crippen molar-refractivity contribution in [1.29, 1.82) is 0 Å². The minimum Gasteiger partial charge on any atom is -0.466 e. The number of hydrogen-bond donors (Lipinski definition) is 0. The zero-order chi connectivity index (χ0) is 20.5. The van der Waals surface area contributed by atoms with Gasteiger partial charge < -0.3 is 14.2 Å². The van der Waals surface area contributed by atoms with Crippen LogP contribution in [0.25, 0.3) is 0 Å². The molecule has 0 fully saturated rings. The molecule has 27 heavy (non-hydrogen) atoms. The summed E-state index contributed by atoms with van der Waals surface area (Å²) in [5.41, 5.74) is 0. The Kier molecular flexibility index (Phi) is 16.3. The number of nitrogens with zero attached hydrogens (tertiary/aromatic N) is 1. The minimum atomic E-state index is -0.242. The lowest BCUT2D eigenvalue weighted by molar-refractivity contribution is -0.146. The third-order valence-electron chi connectivity index (χ3n) is 4.46. The number of ether oxygens (including phenoxy) is 3. The van der Waals surface area contributed by atoms with Crippen LogP contribution in [0.3, 0.4) is 0 Å². The van der Waals surface area contributed by atoms with Gasteiger partial charge in [0.1, 0.15) is 6.61 Å². The molecule has 0 aliphatic heterocycles. The molecule has 0 aliphatic rings. The van der Waals surface area contributed by atoms with Gasteiger partial charge in [0, 0.05) is 32.0 Å². The molecule has 0 aromatic rings. The Morgan fingerprint density at radius 2 is 1.22 bits per heavy atom. The zero-order valence-corrected chi connectivity index (χ0v) is 18.1. The summed E-state index contributed by atoms with van der Waals surface area (Å²) in [6.45, 7) is 11.3. The first-order valence-corrected chi connectivity index (χ1v) is 10.4. The van der Waals surface area contributed by atoms with Crippen LogP contribution in [0, 0.1) is 0 Å². The normalized spacial score (nSPS) is 11.4. The fourth-order valence-electron chi connectivity index (χ4n) is 2.97. The van der Waals surface area contributed by atoms with Gasteiger partial charge in [0.25, 0.3) is 0 Å². The summed E-state index contributed by atoms with van der Waals surface area (Å²) in [6.07, 6.45) is 6.35. The first-order chi connectivity index (χ1) is 12.9. The predicted molar refractivity (Wildman–Crippen MR) is 108 cm³/mol. The molecule has 0 saturated heterocycles. The summed E-state index contributed by atoms with van der Waals surface area (Å²) in [7, 11) is 1.56. The van der Waals surface area contributed by atoms with Gasteiger partial charge in [-0.2, -0.15) is 0 Å². The number of carbonyl (C=O) groups is 2. The number of hydrogen-bond acceptors (Lipinski definition) is 6. The van der Waals surface area contributed by atoms with Gasteiger partial charge in [-0.05, 0) is 59.9 Å². The molecule has 0 atom stereocenters. The van der Waals surface area contributed by atoms with Crippen molar-refractivity contribution in [2.45, 2.75) is 91.1 Å². The average molecular weight is 388 g/mol. The van der Waals surface area contributed by atoms with Crippen molar-refractivity contribution in [2.75, 3.05) is 33.5 Å². The highest BCUT2D eigenvalue weighted by atomic mass is 16.6. The molecule has 0 amide bonds. The number of rotatable bonds is 17. The molecule has 0 heterocycles. The number of carbonyl (C=O) groups excluding carboxylic acids is 2. The highest BCUT2D eigenvalue weighted by Crippen LogP contribution is 2.09. The van der Waals surface area contributed by atoms with Crippen LogP contribution in [0.1, 0.15) is 79.1 Å². The van der Waals surface area contributed by atoms with E-state index in [1.54, 1.807) is 7.11 Å². The standard InChI is InChI=1S/C21H41NO5/c1-18(2)22(19(3)4)14-10-6-7-11-15-26-20(23)12-8-9-13-21(24)27-17-16-25-5/h18-19H,6-17H2,1-5H3. The molecule has 0 N–H and O–H groups in total. The lowest BCUT2D eigenvalue weighted by atomic mass is 10.1. The van der Waals surface area contributed by atoms with Gasteiger partial charge in [0.2, 0.25) is 0 Å². The molecule has 0 saturated carbocycles. The Morgan fingerprint density at radius 3 is 1.74 bits per heavy atom. The van der Waals surface area contributed by atoms with Gasteiger partial charge in [-0.25, -0.2) is 0 Å². The summed E-state index contributed by atoms with van der Waals surface area (Å²) in [5, 5.41) is 0. The van der Waals surface area contributed by atoms with Crippen molar-refractivity contribution in [1.82, 2.24) is 4.90 Å². The second kappa shape index (κ2) is 17.0. The van der Waals surface area contributed by atoms with Gasteiger partial charge in [-0.15, -0.1) is 0 Å². The second-order valence-corrected chi connectivity index (χ2v) is 7.48. The van der Waals surface area contributed by atoms with Crippen molar-refractivity contribution in [3.63, 3.8) is 0 Å². The maximum atomic E-state index is 11.7. The zero-order valence-electron chi connectivity index (χ0n) is 18.1. The molecular formula is C21H41NO5. The van der Waals surface area contributed by atoms with E-state index in [2.05, 4.69) is 32.6 Å². The molecule has 0 radical (unpaired) electrons. The molecular weight excluding hydrogens is 346 g/mol. The summed E-state index contributed by atoms with van der Waals surface area (Å²) in [5.74, 6) is -0.414. The Hall–Kier alpha value is -1.14. The minimum absolute atomic E-state index is 0.173. The largest absolute Gasteiger partial charge is 0.466 e.